The van der Waals surface area contributed by atoms with Gasteiger partial charge in [0, 0.05) is 25.1 Å². The van der Waals surface area contributed by atoms with Crippen LogP contribution in [0.3, 0.4) is 0 Å². The highest BCUT2D eigenvalue weighted by molar-refractivity contribution is 5.93. The van der Waals surface area contributed by atoms with Gasteiger partial charge in [0.2, 0.25) is 5.91 Å². The number of hydrogen-bond donors (Lipinski definition) is 2. The van der Waals surface area contributed by atoms with Crippen molar-refractivity contribution in [1.29, 1.82) is 0 Å². The van der Waals surface area contributed by atoms with E-state index in [1.165, 1.54) is 0 Å². The molecule has 0 radical (unpaired) electrons. The molecule has 182 valence electrons. The molecular weight excluding hydrogens is 430 g/mol. The van der Waals surface area contributed by atoms with Crippen molar-refractivity contribution in [2.45, 2.75) is 78.4 Å². The van der Waals surface area contributed by atoms with Crippen molar-refractivity contribution >= 4 is 28.6 Å². The van der Waals surface area contributed by atoms with Gasteiger partial charge in [-0.15, -0.1) is 0 Å². The van der Waals surface area contributed by atoms with Crippen LogP contribution in [-0.4, -0.2) is 32.6 Å². The summed E-state index contributed by atoms with van der Waals surface area (Å²) in [6.45, 7) is 6.67. The summed E-state index contributed by atoms with van der Waals surface area (Å²) in [5.41, 5.74) is 3.77. The standard InChI is InChI=1S/C27H35N3O4/c1-4-7-9-25-29-23-15-12-20(28-26(31)6-3)16-24(23)30(25)18-19-10-13-21(14-11-19)34-22(8-5-2)17-27(32)33/h10-16,22H,4-9,17-18H2,1-3H3,(H,28,31)(H,32,33). The summed E-state index contributed by atoms with van der Waals surface area (Å²) in [5, 5.41) is 12.1. The second-order valence-electron chi connectivity index (χ2n) is 8.59. The molecule has 1 aromatic heterocycles. The fourth-order valence-corrected chi connectivity index (χ4v) is 3.97. The minimum Gasteiger partial charge on any atom is -0.490 e. The molecule has 0 bridgehead atoms. The largest absolute Gasteiger partial charge is 0.490 e. The number of aliphatic carboxylic acids is 1. The molecule has 1 amide bonds. The number of carboxylic acids is 1. The van der Waals surface area contributed by atoms with Crippen molar-refractivity contribution in [2.24, 2.45) is 0 Å². The van der Waals surface area contributed by atoms with Crippen molar-refractivity contribution in [3.63, 3.8) is 0 Å². The molecular formula is C27H35N3O4. The van der Waals surface area contributed by atoms with Crippen LogP contribution in [0.4, 0.5) is 5.69 Å². The average molecular weight is 466 g/mol. The Labute approximate surface area is 201 Å². The summed E-state index contributed by atoms with van der Waals surface area (Å²) in [6.07, 6.45) is 4.69. The Morgan fingerprint density at radius 2 is 1.85 bits per heavy atom. The quantitative estimate of drug-likeness (QED) is 0.333. The lowest BCUT2D eigenvalue weighted by Gasteiger charge is -2.17. The van der Waals surface area contributed by atoms with Crippen molar-refractivity contribution in [2.75, 3.05) is 5.32 Å². The third-order valence-electron chi connectivity index (χ3n) is 5.77. The van der Waals surface area contributed by atoms with E-state index in [0.29, 0.717) is 25.1 Å². The number of aromatic nitrogens is 2. The lowest BCUT2D eigenvalue weighted by Crippen LogP contribution is -2.20. The van der Waals surface area contributed by atoms with Crippen molar-refractivity contribution < 1.29 is 19.4 Å². The number of rotatable bonds is 13. The van der Waals surface area contributed by atoms with Gasteiger partial charge in [-0.05, 0) is 48.7 Å². The molecule has 0 spiro atoms. The molecule has 0 aliphatic heterocycles. The molecule has 2 N–H and O–H groups in total. The van der Waals surface area contributed by atoms with Crippen LogP contribution in [0.15, 0.2) is 42.5 Å². The number of nitrogens with zero attached hydrogens (tertiary/aromatic N) is 2. The fourth-order valence-electron chi connectivity index (χ4n) is 3.97. The highest BCUT2D eigenvalue weighted by Crippen LogP contribution is 2.24. The highest BCUT2D eigenvalue weighted by atomic mass is 16.5. The number of imidazole rings is 1. The summed E-state index contributed by atoms with van der Waals surface area (Å²) in [6, 6.07) is 13.7. The Bertz CT molecular complexity index is 1110. The van der Waals surface area contributed by atoms with E-state index in [-0.39, 0.29) is 18.4 Å². The first-order valence-electron chi connectivity index (χ1n) is 12.2. The number of benzene rings is 2. The van der Waals surface area contributed by atoms with Crippen LogP contribution >= 0.6 is 0 Å². The van der Waals surface area contributed by atoms with Gasteiger partial charge < -0.3 is 19.7 Å². The lowest BCUT2D eigenvalue weighted by molar-refractivity contribution is -0.138. The number of carboxylic acid groups (broad SMARTS) is 1. The number of ether oxygens (including phenoxy) is 1. The molecule has 1 heterocycles. The number of carbonyl (C=O) groups excluding carboxylic acids is 1. The molecule has 0 saturated heterocycles. The zero-order chi connectivity index (χ0) is 24.5. The van der Waals surface area contributed by atoms with E-state index in [4.69, 9.17) is 14.8 Å². The maximum absolute atomic E-state index is 11.9. The second-order valence-corrected chi connectivity index (χ2v) is 8.59. The first-order chi connectivity index (χ1) is 16.4. The van der Waals surface area contributed by atoms with E-state index in [2.05, 4.69) is 16.8 Å². The van der Waals surface area contributed by atoms with Gasteiger partial charge in [-0.1, -0.05) is 45.7 Å². The van der Waals surface area contributed by atoms with E-state index >= 15 is 0 Å². The maximum Gasteiger partial charge on any atom is 0.307 e. The van der Waals surface area contributed by atoms with E-state index in [9.17, 15) is 9.59 Å². The molecule has 0 fully saturated rings. The van der Waals surface area contributed by atoms with Crippen LogP contribution in [0, 0.1) is 0 Å². The summed E-state index contributed by atoms with van der Waals surface area (Å²) in [4.78, 5) is 27.8. The van der Waals surface area contributed by atoms with Crippen LogP contribution in [0.25, 0.3) is 11.0 Å². The molecule has 1 atom stereocenters. The molecule has 3 rings (SSSR count). The number of carbonyl (C=O) groups is 2. The minimum absolute atomic E-state index is 0.00565. The first-order valence-corrected chi connectivity index (χ1v) is 12.2. The molecule has 0 aliphatic carbocycles. The summed E-state index contributed by atoms with van der Waals surface area (Å²) in [5.74, 6) is 0.836. The van der Waals surface area contributed by atoms with Crippen LogP contribution in [0.5, 0.6) is 5.75 Å². The smallest absolute Gasteiger partial charge is 0.307 e. The second kappa shape index (κ2) is 12.2. The molecule has 7 heteroatoms. The summed E-state index contributed by atoms with van der Waals surface area (Å²) < 4.78 is 8.14. The van der Waals surface area contributed by atoms with E-state index in [1.807, 2.05) is 56.3 Å². The van der Waals surface area contributed by atoms with Crippen LogP contribution < -0.4 is 10.1 Å². The van der Waals surface area contributed by atoms with Gasteiger partial charge in [-0.2, -0.15) is 0 Å². The number of nitrogens with one attached hydrogen (secondary N) is 1. The van der Waals surface area contributed by atoms with Crippen LogP contribution in [-0.2, 0) is 22.6 Å². The van der Waals surface area contributed by atoms with Gasteiger partial charge in [-0.25, -0.2) is 4.98 Å². The monoisotopic (exact) mass is 465 g/mol. The molecule has 3 aromatic rings. The van der Waals surface area contributed by atoms with Gasteiger partial charge in [0.15, 0.2) is 0 Å². The average Bonchev–Trinajstić information content (AvgIpc) is 3.15. The summed E-state index contributed by atoms with van der Waals surface area (Å²) in [7, 11) is 0. The van der Waals surface area contributed by atoms with Gasteiger partial charge in [-0.3, -0.25) is 9.59 Å². The Morgan fingerprint density at radius 3 is 2.50 bits per heavy atom. The topological polar surface area (TPSA) is 93.5 Å². The van der Waals surface area contributed by atoms with Gasteiger partial charge in [0.25, 0.3) is 0 Å². The predicted octanol–water partition coefficient (Wildman–Crippen LogP) is 5.80. The number of aryl methyl sites for hydroxylation is 1. The van der Waals surface area contributed by atoms with Crippen molar-refractivity contribution in [1.82, 2.24) is 9.55 Å². The zero-order valence-corrected chi connectivity index (χ0v) is 20.3. The van der Waals surface area contributed by atoms with Crippen molar-refractivity contribution in [3.05, 3.63) is 53.9 Å². The number of hydrogen-bond acceptors (Lipinski definition) is 4. The molecule has 2 aromatic carbocycles. The van der Waals surface area contributed by atoms with Gasteiger partial charge in [0.1, 0.15) is 17.7 Å². The lowest BCUT2D eigenvalue weighted by atomic mass is 10.1. The normalized spacial score (nSPS) is 12.0. The number of amides is 1. The minimum atomic E-state index is -0.851. The molecule has 0 aliphatic rings. The van der Waals surface area contributed by atoms with Crippen LogP contribution in [0.2, 0.25) is 0 Å². The molecule has 34 heavy (non-hydrogen) atoms. The molecule has 0 saturated carbocycles. The number of fused-ring (bicyclic) bond motifs is 1. The fraction of sp³-hybridized carbons (Fsp3) is 0.444. The predicted molar refractivity (Wildman–Crippen MR) is 134 cm³/mol. The third kappa shape index (κ3) is 6.83. The van der Waals surface area contributed by atoms with Gasteiger partial charge in [0.05, 0.1) is 17.5 Å². The SMILES string of the molecule is CCCCc1nc2ccc(NC(=O)CC)cc2n1Cc1ccc(OC(CCC)CC(=O)O)cc1. The van der Waals surface area contributed by atoms with Crippen LogP contribution in [0.1, 0.15) is 70.7 Å². The van der Waals surface area contributed by atoms with E-state index in [1.54, 1.807) is 0 Å². The Morgan fingerprint density at radius 1 is 1.09 bits per heavy atom. The van der Waals surface area contributed by atoms with Crippen molar-refractivity contribution in [3.8, 4) is 5.75 Å². The Balaban J connectivity index is 1.84. The Kier molecular flexibility index (Phi) is 9.08. The Hall–Kier alpha value is -3.35. The summed E-state index contributed by atoms with van der Waals surface area (Å²) >= 11 is 0. The number of anilines is 1. The maximum atomic E-state index is 11.9. The van der Waals surface area contributed by atoms with Gasteiger partial charge >= 0.3 is 5.97 Å². The third-order valence-corrected chi connectivity index (χ3v) is 5.77. The van der Waals surface area contributed by atoms with E-state index < -0.39 is 5.97 Å². The first kappa shape index (κ1) is 25.3. The van der Waals surface area contributed by atoms with E-state index in [0.717, 1.165) is 53.8 Å². The zero-order valence-electron chi connectivity index (χ0n) is 20.3. The molecule has 1 unspecified atom stereocenters. The molecule has 7 nitrogen and oxygen atoms in total. The number of unbranched alkanes of at least 4 members (excludes halogenated alkanes) is 1. The highest BCUT2D eigenvalue weighted by Gasteiger charge is 2.15.